The number of anilines is 2. The lowest BCUT2D eigenvalue weighted by atomic mass is 10.2. The number of rotatable bonds is 4. The van der Waals surface area contributed by atoms with Crippen LogP contribution in [-0.4, -0.2) is 26.0 Å². The molecule has 0 spiro atoms. The molecule has 2 aromatic carbocycles. The van der Waals surface area contributed by atoms with E-state index in [0.29, 0.717) is 21.3 Å². The van der Waals surface area contributed by atoms with Crippen molar-refractivity contribution in [1.29, 1.82) is 0 Å². The highest BCUT2D eigenvalue weighted by Gasteiger charge is 2.18. The number of nitrogens with zero attached hydrogens (tertiary/aromatic N) is 1. The van der Waals surface area contributed by atoms with E-state index in [1.165, 1.54) is 23.2 Å². The first kappa shape index (κ1) is 18.2. The van der Waals surface area contributed by atoms with Crippen LogP contribution in [-0.2, 0) is 4.79 Å². The summed E-state index contributed by atoms with van der Waals surface area (Å²) in [6.07, 6.45) is 0. The average Bonchev–Trinajstić information content (AvgIpc) is 2.97. The first-order valence-corrected chi connectivity index (χ1v) is 9.02. The molecule has 7 heteroatoms. The fourth-order valence-corrected chi connectivity index (χ4v) is 3.90. The number of thiophene rings is 1. The van der Waals surface area contributed by atoms with Crippen LogP contribution in [0, 0.1) is 0 Å². The monoisotopic (exact) mass is 388 g/mol. The van der Waals surface area contributed by atoms with E-state index in [1.54, 1.807) is 38.4 Å². The SMILES string of the molecule is COc1ccc2c(Cl)c(C(=O)Nc3ccc(N(C)C(C)=O)cc3)sc2c1. The van der Waals surface area contributed by atoms with Crippen molar-refractivity contribution in [2.45, 2.75) is 6.92 Å². The van der Waals surface area contributed by atoms with Crippen molar-refractivity contribution < 1.29 is 14.3 Å². The van der Waals surface area contributed by atoms with Gasteiger partial charge in [-0.05, 0) is 42.5 Å². The lowest BCUT2D eigenvalue weighted by Crippen LogP contribution is -2.22. The number of methoxy groups -OCH3 is 1. The number of carbonyl (C=O) groups is 2. The number of halogens is 1. The molecule has 5 nitrogen and oxygen atoms in total. The molecular formula is C19H17ClN2O3S. The summed E-state index contributed by atoms with van der Waals surface area (Å²) >= 11 is 7.70. The van der Waals surface area contributed by atoms with E-state index in [4.69, 9.17) is 16.3 Å². The molecule has 0 aliphatic rings. The number of hydrogen-bond acceptors (Lipinski definition) is 4. The van der Waals surface area contributed by atoms with Gasteiger partial charge in [0.15, 0.2) is 0 Å². The molecule has 0 aliphatic heterocycles. The quantitative estimate of drug-likeness (QED) is 0.698. The Morgan fingerprint density at radius 1 is 1.15 bits per heavy atom. The van der Waals surface area contributed by atoms with Crippen LogP contribution in [0.25, 0.3) is 10.1 Å². The molecule has 0 fully saturated rings. The molecule has 3 aromatic rings. The third kappa shape index (κ3) is 3.52. The van der Waals surface area contributed by atoms with Crippen LogP contribution in [0.1, 0.15) is 16.6 Å². The van der Waals surface area contributed by atoms with Gasteiger partial charge in [0, 0.05) is 35.4 Å². The van der Waals surface area contributed by atoms with Crippen molar-refractivity contribution in [2.24, 2.45) is 0 Å². The second kappa shape index (κ2) is 7.35. The summed E-state index contributed by atoms with van der Waals surface area (Å²) in [6, 6.07) is 12.6. The molecule has 0 atom stereocenters. The zero-order chi connectivity index (χ0) is 18.8. The summed E-state index contributed by atoms with van der Waals surface area (Å²) in [4.78, 5) is 26.0. The fourth-order valence-electron chi connectivity index (χ4n) is 2.46. The minimum atomic E-state index is -0.275. The van der Waals surface area contributed by atoms with Crippen LogP contribution >= 0.6 is 22.9 Å². The molecule has 134 valence electrons. The highest BCUT2D eigenvalue weighted by molar-refractivity contribution is 7.21. The van der Waals surface area contributed by atoms with Crippen molar-refractivity contribution in [3.05, 3.63) is 52.4 Å². The van der Waals surface area contributed by atoms with Crippen LogP contribution < -0.4 is 15.0 Å². The summed E-state index contributed by atoms with van der Waals surface area (Å²) in [6.45, 7) is 1.49. The van der Waals surface area contributed by atoms with E-state index in [2.05, 4.69) is 5.32 Å². The number of benzene rings is 2. The van der Waals surface area contributed by atoms with Crippen LogP contribution in [0.15, 0.2) is 42.5 Å². The minimum absolute atomic E-state index is 0.0609. The summed E-state index contributed by atoms with van der Waals surface area (Å²) < 4.78 is 6.10. The molecule has 1 N–H and O–H groups in total. The molecule has 0 saturated heterocycles. The molecule has 0 unspecified atom stereocenters. The Balaban J connectivity index is 1.83. The van der Waals surface area contributed by atoms with E-state index in [1.807, 2.05) is 18.2 Å². The Labute approximate surface area is 160 Å². The first-order valence-electron chi connectivity index (χ1n) is 7.82. The second-order valence-corrected chi connectivity index (χ2v) is 7.12. The second-order valence-electron chi connectivity index (χ2n) is 5.69. The van der Waals surface area contributed by atoms with E-state index < -0.39 is 0 Å². The van der Waals surface area contributed by atoms with Crippen LogP contribution in [0.2, 0.25) is 5.02 Å². The summed E-state index contributed by atoms with van der Waals surface area (Å²) in [5, 5.41) is 4.09. The number of hydrogen-bond donors (Lipinski definition) is 1. The van der Waals surface area contributed by atoms with E-state index in [-0.39, 0.29) is 11.8 Å². The molecule has 0 radical (unpaired) electrons. The van der Waals surface area contributed by atoms with Crippen molar-refractivity contribution in [1.82, 2.24) is 0 Å². The first-order chi connectivity index (χ1) is 12.4. The lowest BCUT2D eigenvalue weighted by molar-refractivity contribution is -0.116. The van der Waals surface area contributed by atoms with Gasteiger partial charge in [0.2, 0.25) is 5.91 Å². The summed E-state index contributed by atoms with van der Waals surface area (Å²) in [7, 11) is 3.29. The Morgan fingerprint density at radius 3 is 2.46 bits per heavy atom. The molecule has 2 amide bonds. The number of carbonyl (C=O) groups excluding carboxylic acids is 2. The topological polar surface area (TPSA) is 58.6 Å². The van der Waals surface area contributed by atoms with Crippen molar-refractivity contribution in [2.75, 3.05) is 24.4 Å². The van der Waals surface area contributed by atoms with Gasteiger partial charge < -0.3 is 15.0 Å². The molecule has 0 saturated carbocycles. The smallest absolute Gasteiger partial charge is 0.267 e. The third-order valence-electron chi connectivity index (χ3n) is 4.03. The van der Waals surface area contributed by atoms with Gasteiger partial charge in [-0.3, -0.25) is 9.59 Å². The van der Waals surface area contributed by atoms with Crippen molar-refractivity contribution >= 4 is 56.2 Å². The molecule has 26 heavy (non-hydrogen) atoms. The average molecular weight is 389 g/mol. The van der Waals surface area contributed by atoms with Gasteiger partial charge >= 0.3 is 0 Å². The predicted molar refractivity (Wildman–Crippen MR) is 107 cm³/mol. The minimum Gasteiger partial charge on any atom is -0.497 e. The Kier molecular flexibility index (Phi) is 5.15. The van der Waals surface area contributed by atoms with Gasteiger partial charge in [0.25, 0.3) is 5.91 Å². The number of nitrogens with one attached hydrogen (secondary N) is 1. The zero-order valence-corrected chi connectivity index (χ0v) is 16.1. The van der Waals surface area contributed by atoms with Gasteiger partial charge in [-0.25, -0.2) is 0 Å². The normalized spacial score (nSPS) is 10.6. The highest BCUT2D eigenvalue weighted by atomic mass is 35.5. The standard InChI is InChI=1S/C19H17ClN2O3S/c1-11(23)22(2)13-6-4-12(5-7-13)21-19(24)18-17(20)15-9-8-14(25-3)10-16(15)26-18/h4-10H,1-3H3,(H,21,24). The summed E-state index contributed by atoms with van der Waals surface area (Å²) in [5.74, 6) is 0.379. The maximum atomic E-state index is 12.6. The molecule has 3 rings (SSSR count). The van der Waals surface area contributed by atoms with Gasteiger partial charge in [-0.2, -0.15) is 0 Å². The number of fused-ring (bicyclic) bond motifs is 1. The maximum Gasteiger partial charge on any atom is 0.267 e. The van der Waals surface area contributed by atoms with Crippen molar-refractivity contribution in [3.8, 4) is 5.75 Å². The molecule has 0 aliphatic carbocycles. The fraction of sp³-hybridized carbons (Fsp3) is 0.158. The molecule has 0 bridgehead atoms. The maximum absolute atomic E-state index is 12.6. The Bertz CT molecular complexity index is 982. The van der Waals surface area contributed by atoms with Crippen molar-refractivity contribution in [3.63, 3.8) is 0 Å². The van der Waals surface area contributed by atoms with E-state index in [0.717, 1.165) is 15.8 Å². The third-order valence-corrected chi connectivity index (χ3v) is 5.68. The van der Waals surface area contributed by atoms with E-state index in [9.17, 15) is 9.59 Å². The number of ether oxygens (including phenoxy) is 1. The zero-order valence-electron chi connectivity index (χ0n) is 14.5. The number of amides is 2. The van der Waals surface area contributed by atoms with Gasteiger partial charge in [-0.15, -0.1) is 11.3 Å². The lowest BCUT2D eigenvalue weighted by Gasteiger charge is -2.15. The van der Waals surface area contributed by atoms with Crippen LogP contribution in [0.4, 0.5) is 11.4 Å². The van der Waals surface area contributed by atoms with Gasteiger partial charge in [0.1, 0.15) is 10.6 Å². The van der Waals surface area contributed by atoms with Crippen LogP contribution in [0.5, 0.6) is 5.75 Å². The highest BCUT2D eigenvalue weighted by Crippen LogP contribution is 2.37. The van der Waals surface area contributed by atoms with E-state index >= 15 is 0 Å². The predicted octanol–water partition coefficient (Wildman–Crippen LogP) is 4.80. The van der Waals surface area contributed by atoms with Gasteiger partial charge in [0.05, 0.1) is 12.1 Å². The summed E-state index contributed by atoms with van der Waals surface area (Å²) in [5.41, 5.74) is 1.38. The van der Waals surface area contributed by atoms with Gasteiger partial charge in [-0.1, -0.05) is 11.6 Å². The largest absolute Gasteiger partial charge is 0.497 e. The van der Waals surface area contributed by atoms with Crippen LogP contribution in [0.3, 0.4) is 0 Å². The Hall–Kier alpha value is -2.57. The molecule has 1 heterocycles. The molecular weight excluding hydrogens is 372 g/mol. The Morgan fingerprint density at radius 2 is 1.85 bits per heavy atom. The molecule has 1 aromatic heterocycles.